The van der Waals surface area contributed by atoms with E-state index >= 15 is 0 Å². The Morgan fingerprint density at radius 1 is 1.37 bits per heavy atom. The first-order valence-corrected chi connectivity index (χ1v) is 6.88. The third-order valence-electron chi connectivity index (χ3n) is 3.24. The van der Waals surface area contributed by atoms with Crippen molar-refractivity contribution in [1.29, 1.82) is 0 Å². The van der Waals surface area contributed by atoms with Gasteiger partial charge in [-0.3, -0.25) is 9.88 Å². The number of ether oxygens (including phenoxy) is 1. The van der Waals surface area contributed by atoms with Gasteiger partial charge in [0.15, 0.2) is 5.82 Å². The first-order valence-electron chi connectivity index (χ1n) is 6.88. The number of hydrogen-bond donors (Lipinski definition) is 1. The molecule has 0 unspecified atom stereocenters. The number of nitrogens with zero attached hydrogens (tertiary/aromatic N) is 4. The first-order chi connectivity index (χ1) is 9.29. The molecule has 1 aromatic heterocycles. The molecule has 6 heteroatoms. The Kier molecular flexibility index (Phi) is 5.35. The minimum absolute atomic E-state index is 0.592. The Morgan fingerprint density at radius 2 is 2.16 bits per heavy atom. The molecule has 0 spiro atoms. The highest BCUT2D eigenvalue weighted by molar-refractivity contribution is 5.36. The number of hydrogen-bond acceptors (Lipinski definition) is 6. The average Bonchev–Trinajstić information content (AvgIpc) is 2.46. The maximum absolute atomic E-state index is 5.37. The van der Waals surface area contributed by atoms with Crippen LogP contribution in [0.2, 0.25) is 0 Å². The van der Waals surface area contributed by atoms with Gasteiger partial charge in [-0.05, 0) is 6.92 Å². The van der Waals surface area contributed by atoms with Gasteiger partial charge in [0.25, 0.3) is 0 Å². The second kappa shape index (κ2) is 7.25. The van der Waals surface area contributed by atoms with E-state index in [2.05, 4.69) is 25.1 Å². The zero-order valence-electron chi connectivity index (χ0n) is 11.8. The number of piperazine rings is 1. The van der Waals surface area contributed by atoms with E-state index in [0.717, 1.165) is 45.1 Å². The molecule has 1 aromatic rings. The van der Waals surface area contributed by atoms with Gasteiger partial charge in [0.1, 0.15) is 0 Å². The standard InChI is InChI=1S/C13H23N5O/c1-3-19-13-11-15-10-12(16-13)17(2)8-9-18-6-4-14-5-7-18/h10-11,14H,3-9H2,1-2H3. The molecule has 2 rings (SSSR count). The third-order valence-corrected chi connectivity index (χ3v) is 3.24. The van der Waals surface area contributed by atoms with Crippen molar-refractivity contribution in [2.75, 3.05) is 57.8 Å². The fourth-order valence-electron chi connectivity index (χ4n) is 2.08. The highest BCUT2D eigenvalue weighted by Gasteiger charge is 2.11. The molecule has 1 fully saturated rings. The van der Waals surface area contributed by atoms with Gasteiger partial charge in [0.05, 0.1) is 19.0 Å². The van der Waals surface area contributed by atoms with Crippen LogP contribution in [0.3, 0.4) is 0 Å². The SMILES string of the molecule is CCOc1cncc(N(C)CCN2CCNCC2)n1. The van der Waals surface area contributed by atoms with E-state index in [1.54, 1.807) is 12.4 Å². The van der Waals surface area contributed by atoms with Crippen molar-refractivity contribution in [2.24, 2.45) is 0 Å². The molecular weight excluding hydrogens is 242 g/mol. The quantitative estimate of drug-likeness (QED) is 0.794. The van der Waals surface area contributed by atoms with E-state index in [1.807, 2.05) is 14.0 Å². The van der Waals surface area contributed by atoms with Crippen LogP contribution in [0, 0.1) is 0 Å². The maximum atomic E-state index is 5.37. The smallest absolute Gasteiger partial charge is 0.234 e. The lowest BCUT2D eigenvalue weighted by molar-refractivity contribution is 0.246. The number of nitrogens with one attached hydrogen (secondary N) is 1. The van der Waals surface area contributed by atoms with Crippen molar-refractivity contribution >= 4 is 5.82 Å². The summed E-state index contributed by atoms with van der Waals surface area (Å²) in [5, 5.41) is 3.36. The summed E-state index contributed by atoms with van der Waals surface area (Å²) < 4.78 is 5.37. The first kappa shape index (κ1) is 14.0. The molecule has 2 heterocycles. The monoisotopic (exact) mass is 265 g/mol. The number of rotatable bonds is 6. The fourth-order valence-corrected chi connectivity index (χ4v) is 2.08. The van der Waals surface area contributed by atoms with Crippen LogP contribution in [0.4, 0.5) is 5.82 Å². The molecule has 1 aliphatic heterocycles. The molecule has 106 valence electrons. The molecular formula is C13H23N5O. The van der Waals surface area contributed by atoms with E-state index in [-0.39, 0.29) is 0 Å². The Morgan fingerprint density at radius 3 is 2.89 bits per heavy atom. The summed E-state index contributed by atoms with van der Waals surface area (Å²) in [6.45, 7) is 8.98. The van der Waals surface area contributed by atoms with Gasteiger partial charge >= 0.3 is 0 Å². The molecule has 1 N–H and O–H groups in total. The van der Waals surface area contributed by atoms with Crippen LogP contribution in [-0.2, 0) is 0 Å². The third kappa shape index (κ3) is 4.33. The van der Waals surface area contributed by atoms with Crippen LogP contribution in [0.5, 0.6) is 5.88 Å². The molecule has 19 heavy (non-hydrogen) atoms. The Bertz CT molecular complexity index is 381. The normalized spacial score (nSPS) is 16.3. The fraction of sp³-hybridized carbons (Fsp3) is 0.692. The van der Waals surface area contributed by atoms with Crippen LogP contribution in [0.1, 0.15) is 6.92 Å². The van der Waals surface area contributed by atoms with Gasteiger partial charge in [-0.2, -0.15) is 4.98 Å². The predicted octanol–water partition coefficient (Wildman–Crippen LogP) is 0.217. The molecule has 0 bridgehead atoms. The van der Waals surface area contributed by atoms with Crippen LogP contribution in [-0.4, -0.2) is 67.8 Å². The van der Waals surface area contributed by atoms with Crippen molar-refractivity contribution in [3.05, 3.63) is 12.4 Å². The van der Waals surface area contributed by atoms with E-state index in [9.17, 15) is 0 Å². The summed E-state index contributed by atoms with van der Waals surface area (Å²) in [4.78, 5) is 13.2. The number of aromatic nitrogens is 2. The lowest BCUT2D eigenvalue weighted by atomic mass is 10.3. The largest absolute Gasteiger partial charge is 0.477 e. The van der Waals surface area contributed by atoms with Crippen molar-refractivity contribution in [2.45, 2.75) is 6.92 Å². The molecule has 6 nitrogen and oxygen atoms in total. The van der Waals surface area contributed by atoms with Crippen molar-refractivity contribution in [3.63, 3.8) is 0 Å². The maximum Gasteiger partial charge on any atom is 0.234 e. The molecule has 0 aliphatic carbocycles. The minimum Gasteiger partial charge on any atom is -0.477 e. The van der Waals surface area contributed by atoms with E-state index < -0.39 is 0 Å². The van der Waals surface area contributed by atoms with Crippen LogP contribution < -0.4 is 15.0 Å². The Hall–Kier alpha value is -1.40. The van der Waals surface area contributed by atoms with Gasteiger partial charge in [-0.1, -0.05) is 0 Å². The van der Waals surface area contributed by atoms with Crippen molar-refractivity contribution in [1.82, 2.24) is 20.2 Å². The molecule has 0 amide bonds. The van der Waals surface area contributed by atoms with Gasteiger partial charge < -0.3 is 15.0 Å². The molecule has 1 aliphatic rings. The molecule has 0 aromatic carbocycles. The Balaban J connectivity index is 1.84. The van der Waals surface area contributed by atoms with E-state index in [4.69, 9.17) is 4.74 Å². The van der Waals surface area contributed by atoms with Crippen LogP contribution >= 0.6 is 0 Å². The zero-order valence-corrected chi connectivity index (χ0v) is 11.8. The highest BCUT2D eigenvalue weighted by atomic mass is 16.5. The predicted molar refractivity (Wildman–Crippen MR) is 75.8 cm³/mol. The number of anilines is 1. The summed E-state index contributed by atoms with van der Waals surface area (Å²) in [5.74, 6) is 1.45. The highest BCUT2D eigenvalue weighted by Crippen LogP contribution is 2.12. The second-order valence-corrected chi connectivity index (χ2v) is 4.66. The minimum atomic E-state index is 0.592. The second-order valence-electron chi connectivity index (χ2n) is 4.66. The average molecular weight is 265 g/mol. The van der Waals surface area contributed by atoms with Crippen molar-refractivity contribution in [3.8, 4) is 5.88 Å². The van der Waals surface area contributed by atoms with Crippen LogP contribution in [0.15, 0.2) is 12.4 Å². The summed E-state index contributed by atoms with van der Waals surface area (Å²) in [5.41, 5.74) is 0. The molecule has 0 atom stereocenters. The van der Waals surface area contributed by atoms with Gasteiger partial charge in [-0.25, -0.2) is 0 Å². The lowest BCUT2D eigenvalue weighted by Gasteiger charge is -2.29. The summed E-state index contributed by atoms with van der Waals surface area (Å²) in [7, 11) is 2.04. The van der Waals surface area contributed by atoms with Gasteiger partial charge in [0.2, 0.25) is 5.88 Å². The van der Waals surface area contributed by atoms with Crippen molar-refractivity contribution < 1.29 is 4.74 Å². The topological polar surface area (TPSA) is 53.5 Å². The zero-order chi connectivity index (χ0) is 13.5. The molecule has 1 saturated heterocycles. The van der Waals surface area contributed by atoms with E-state index in [0.29, 0.717) is 12.5 Å². The molecule has 0 saturated carbocycles. The summed E-state index contributed by atoms with van der Waals surface area (Å²) >= 11 is 0. The van der Waals surface area contributed by atoms with Crippen LogP contribution in [0.25, 0.3) is 0 Å². The summed E-state index contributed by atoms with van der Waals surface area (Å²) in [6.07, 6.45) is 3.43. The number of likely N-dealkylation sites (N-methyl/N-ethyl adjacent to an activating group) is 1. The van der Waals surface area contributed by atoms with Gasteiger partial charge in [0, 0.05) is 46.3 Å². The van der Waals surface area contributed by atoms with E-state index in [1.165, 1.54) is 0 Å². The lowest BCUT2D eigenvalue weighted by Crippen LogP contribution is -2.46. The Labute approximate surface area is 114 Å². The van der Waals surface area contributed by atoms with Gasteiger partial charge in [-0.15, -0.1) is 0 Å². The molecule has 0 radical (unpaired) electrons. The summed E-state index contributed by atoms with van der Waals surface area (Å²) in [6, 6.07) is 0.